The highest BCUT2D eigenvalue weighted by Gasteiger charge is 2.23. The van der Waals surface area contributed by atoms with Gasteiger partial charge in [-0.05, 0) is 25.0 Å². The van der Waals surface area contributed by atoms with E-state index in [1.54, 1.807) is 26.0 Å². The molecule has 1 aromatic rings. The molecule has 1 atom stereocenters. The van der Waals surface area contributed by atoms with Crippen LogP contribution in [-0.4, -0.2) is 11.5 Å². The number of phenolic OH excluding ortho intramolecular Hbond substituents is 1. The Balaban J connectivity index is 3.25. The van der Waals surface area contributed by atoms with Gasteiger partial charge in [0.15, 0.2) is 0 Å². The van der Waals surface area contributed by atoms with Gasteiger partial charge in [-0.25, -0.2) is 8.78 Å². The van der Waals surface area contributed by atoms with Gasteiger partial charge in [-0.15, -0.1) is 0 Å². The maximum absolute atomic E-state index is 12.4. The first-order valence-electron chi connectivity index (χ1n) is 4.28. The van der Waals surface area contributed by atoms with Crippen LogP contribution in [0.15, 0.2) is 12.1 Å². The van der Waals surface area contributed by atoms with Gasteiger partial charge in [-0.1, -0.05) is 12.1 Å². The van der Waals surface area contributed by atoms with Crippen molar-refractivity contribution in [3.8, 4) is 5.75 Å². The summed E-state index contributed by atoms with van der Waals surface area (Å²) in [5, 5.41) is 9.58. The van der Waals surface area contributed by atoms with Crippen LogP contribution >= 0.6 is 0 Å². The fourth-order valence-corrected chi connectivity index (χ4v) is 1.36. The molecule has 14 heavy (non-hydrogen) atoms. The molecule has 0 heterocycles. The van der Waals surface area contributed by atoms with E-state index in [1.807, 2.05) is 0 Å². The highest BCUT2D eigenvalue weighted by Crippen LogP contribution is 2.32. The van der Waals surface area contributed by atoms with Crippen LogP contribution in [0.1, 0.15) is 22.7 Å². The molecule has 0 unspecified atom stereocenters. The zero-order valence-electron chi connectivity index (χ0n) is 8.09. The number of rotatable bonds is 2. The molecule has 1 aromatic carbocycles. The summed E-state index contributed by atoms with van der Waals surface area (Å²) in [5.74, 6) is -0.127. The number of aryl methyl sites for hydroxylation is 2. The molecule has 4 heteroatoms. The van der Waals surface area contributed by atoms with Gasteiger partial charge in [0.05, 0.1) is 6.04 Å². The minimum absolute atomic E-state index is 0.127. The van der Waals surface area contributed by atoms with Crippen molar-refractivity contribution < 1.29 is 13.9 Å². The number of nitrogens with two attached hydrogens (primary N) is 1. The van der Waals surface area contributed by atoms with Crippen LogP contribution in [0.3, 0.4) is 0 Å². The van der Waals surface area contributed by atoms with E-state index in [-0.39, 0.29) is 11.3 Å². The second-order valence-corrected chi connectivity index (χ2v) is 3.32. The Morgan fingerprint density at radius 3 is 2.21 bits per heavy atom. The molecule has 2 nitrogen and oxygen atoms in total. The summed E-state index contributed by atoms with van der Waals surface area (Å²) in [6.45, 7) is 3.30. The Kier molecular flexibility index (Phi) is 3.06. The monoisotopic (exact) mass is 201 g/mol. The second-order valence-electron chi connectivity index (χ2n) is 3.32. The molecule has 0 aliphatic heterocycles. The number of halogens is 2. The van der Waals surface area contributed by atoms with E-state index in [0.29, 0.717) is 11.1 Å². The predicted molar refractivity (Wildman–Crippen MR) is 50.5 cm³/mol. The molecule has 0 spiro atoms. The van der Waals surface area contributed by atoms with E-state index in [1.165, 1.54) is 0 Å². The van der Waals surface area contributed by atoms with E-state index in [2.05, 4.69) is 0 Å². The Morgan fingerprint density at radius 2 is 1.71 bits per heavy atom. The fraction of sp³-hybridized carbons (Fsp3) is 0.400. The lowest BCUT2D eigenvalue weighted by atomic mass is 9.98. The summed E-state index contributed by atoms with van der Waals surface area (Å²) in [4.78, 5) is 0. The van der Waals surface area contributed by atoms with E-state index in [0.717, 1.165) is 0 Å². The van der Waals surface area contributed by atoms with E-state index in [9.17, 15) is 13.9 Å². The third kappa shape index (κ3) is 1.85. The third-order valence-electron chi connectivity index (χ3n) is 2.24. The van der Waals surface area contributed by atoms with Gasteiger partial charge in [0.1, 0.15) is 5.75 Å². The van der Waals surface area contributed by atoms with Crippen molar-refractivity contribution >= 4 is 0 Å². The lowest BCUT2D eigenvalue weighted by Gasteiger charge is -2.16. The van der Waals surface area contributed by atoms with Crippen LogP contribution in [0.5, 0.6) is 5.75 Å². The summed E-state index contributed by atoms with van der Waals surface area (Å²) in [6, 6.07) is 1.92. The predicted octanol–water partition coefficient (Wildman–Crippen LogP) is 2.27. The molecule has 0 aromatic heterocycles. The minimum Gasteiger partial charge on any atom is -0.507 e. The number of alkyl halides is 2. The van der Waals surface area contributed by atoms with Crippen molar-refractivity contribution in [2.24, 2.45) is 5.73 Å². The molecule has 0 radical (unpaired) electrons. The Bertz CT molecular complexity index is 339. The molecular formula is C10H13F2NO. The smallest absolute Gasteiger partial charge is 0.257 e. The summed E-state index contributed by atoms with van der Waals surface area (Å²) >= 11 is 0. The highest BCUT2D eigenvalue weighted by atomic mass is 19.3. The van der Waals surface area contributed by atoms with Crippen LogP contribution in [0.2, 0.25) is 0 Å². The molecule has 0 bridgehead atoms. The molecule has 0 aliphatic carbocycles. The first-order chi connectivity index (χ1) is 6.45. The zero-order valence-corrected chi connectivity index (χ0v) is 8.09. The van der Waals surface area contributed by atoms with Gasteiger partial charge in [0.25, 0.3) is 6.43 Å². The quantitative estimate of drug-likeness (QED) is 0.771. The second kappa shape index (κ2) is 3.92. The maximum atomic E-state index is 12.4. The summed E-state index contributed by atoms with van der Waals surface area (Å²) < 4.78 is 24.7. The largest absolute Gasteiger partial charge is 0.507 e. The van der Waals surface area contributed by atoms with Gasteiger partial charge < -0.3 is 10.8 Å². The molecule has 78 valence electrons. The summed E-state index contributed by atoms with van der Waals surface area (Å²) in [6.07, 6.45) is -2.67. The SMILES string of the molecule is Cc1ccc(C)c([C@H](N)C(F)F)c1O. The molecule has 0 saturated heterocycles. The molecule has 0 amide bonds. The first kappa shape index (κ1) is 10.9. The van der Waals surface area contributed by atoms with Crippen molar-refractivity contribution in [1.82, 2.24) is 0 Å². The molecule has 0 aliphatic rings. The number of phenols is 1. The van der Waals surface area contributed by atoms with Crippen molar-refractivity contribution in [1.29, 1.82) is 0 Å². The maximum Gasteiger partial charge on any atom is 0.257 e. The zero-order chi connectivity index (χ0) is 10.9. The third-order valence-corrected chi connectivity index (χ3v) is 2.24. The van der Waals surface area contributed by atoms with Crippen LogP contribution in [0.25, 0.3) is 0 Å². The summed E-state index contributed by atoms with van der Waals surface area (Å²) in [5.41, 5.74) is 6.58. The lowest BCUT2D eigenvalue weighted by Crippen LogP contribution is -2.20. The molecule has 3 N–H and O–H groups in total. The van der Waals surface area contributed by atoms with E-state index in [4.69, 9.17) is 5.73 Å². The number of hydrogen-bond donors (Lipinski definition) is 2. The van der Waals surface area contributed by atoms with Gasteiger partial charge in [0.2, 0.25) is 0 Å². The fourth-order valence-electron chi connectivity index (χ4n) is 1.36. The van der Waals surface area contributed by atoms with Crippen LogP contribution in [0, 0.1) is 13.8 Å². The Morgan fingerprint density at radius 1 is 1.21 bits per heavy atom. The van der Waals surface area contributed by atoms with Gasteiger partial charge in [-0.2, -0.15) is 0 Å². The highest BCUT2D eigenvalue weighted by molar-refractivity contribution is 5.46. The van der Waals surface area contributed by atoms with E-state index < -0.39 is 12.5 Å². The normalized spacial score (nSPS) is 13.3. The first-order valence-corrected chi connectivity index (χ1v) is 4.28. The number of hydrogen-bond acceptors (Lipinski definition) is 2. The average Bonchev–Trinajstić information content (AvgIpc) is 2.12. The Labute approximate surface area is 81.4 Å². The number of benzene rings is 1. The van der Waals surface area contributed by atoms with Crippen molar-refractivity contribution in [2.45, 2.75) is 26.3 Å². The van der Waals surface area contributed by atoms with Crippen molar-refractivity contribution in [3.05, 3.63) is 28.8 Å². The van der Waals surface area contributed by atoms with Crippen LogP contribution < -0.4 is 5.73 Å². The molecule has 0 saturated carbocycles. The average molecular weight is 201 g/mol. The van der Waals surface area contributed by atoms with Crippen LogP contribution in [-0.2, 0) is 0 Å². The summed E-state index contributed by atoms with van der Waals surface area (Å²) in [7, 11) is 0. The van der Waals surface area contributed by atoms with Gasteiger partial charge in [-0.3, -0.25) is 0 Å². The molecule has 0 fully saturated rings. The van der Waals surface area contributed by atoms with Gasteiger partial charge >= 0.3 is 0 Å². The minimum atomic E-state index is -2.67. The molecular weight excluding hydrogens is 188 g/mol. The molecule has 1 rings (SSSR count). The van der Waals surface area contributed by atoms with Gasteiger partial charge in [0, 0.05) is 5.56 Å². The topological polar surface area (TPSA) is 46.2 Å². The lowest BCUT2D eigenvalue weighted by molar-refractivity contribution is 0.115. The van der Waals surface area contributed by atoms with Crippen molar-refractivity contribution in [2.75, 3.05) is 0 Å². The Hall–Kier alpha value is -1.16. The van der Waals surface area contributed by atoms with Crippen molar-refractivity contribution in [3.63, 3.8) is 0 Å². The number of aromatic hydroxyl groups is 1. The standard InChI is InChI=1S/C10H13F2NO/c1-5-3-4-6(2)9(14)7(5)8(13)10(11)12/h3-4,8,10,14H,13H2,1-2H3/t8-/m0/s1. The van der Waals surface area contributed by atoms with Crippen LogP contribution in [0.4, 0.5) is 8.78 Å². The van der Waals surface area contributed by atoms with E-state index >= 15 is 0 Å².